The number of halogens is 1. The van der Waals surface area contributed by atoms with Crippen LogP contribution in [0.5, 0.6) is 0 Å². The molecule has 0 aromatic heterocycles. The van der Waals surface area contributed by atoms with E-state index in [0.717, 1.165) is 38.4 Å². The summed E-state index contributed by atoms with van der Waals surface area (Å²) in [6.45, 7) is 10.5. The molecule has 0 aromatic rings. The monoisotopic (exact) mass is 220 g/mol. The molecule has 2 unspecified atom stereocenters. The molecule has 1 nitrogen and oxygen atoms in total. The molecule has 0 bridgehead atoms. The highest BCUT2D eigenvalue weighted by molar-refractivity contribution is 6.20. The molecular weight excluding hydrogens is 196 g/mol. The smallest absolute Gasteiger partial charge is 0.0469 e. The maximum absolute atomic E-state index is 6.05. The van der Waals surface area contributed by atoms with Crippen molar-refractivity contribution in [3.05, 3.63) is 0 Å². The van der Waals surface area contributed by atoms with Crippen molar-refractivity contribution in [2.24, 2.45) is 11.8 Å². The minimum Gasteiger partial charge on any atom is -0.381 e. The second-order valence-corrected chi connectivity index (χ2v) is 5.12. The van der Waals surface area contributed by atoms with E-state index in [1.54, 1.807) is 0 Å². The second kappa shape index (κ2) is 8.55. The topological polar surface area (TPSA) is 9.23 Å². The summed E-state index contributed by atoms with van der Waals surface area (Å²) in [5.41, 5.74) is 0. The van der Waals surface area contributed by atoms with Crippen molar-refractivity contribution in [3.8, 4) is 0 Å². The molecule has 0 aliphatic heterocycles. The second-order valence-electron chi connectivity index (χ2n) is 4.43. The normalized spacial score (nSPS) is 15.9. The van der Waals surface area contributed by atoms with Gasteiger partial charge < -0.3 is 4.74 Å². The van der Waals surface area contributed by atoms with Gasteiger partial charge in [-0.05, 0) is 31.6 Å². The molecular formula is C12H25ClO. The fourth-order valence-electron chi connectivity index (χ4n) is 1.41. The van der Waals surface area contributed by atoms with Crippen LogP contribution in [0.15, 0.2) is 0 Å². The standard InChI is InChI=1S/C12H25ClO/c1-5-12(11(4)13)7-9-14-8-6-10(2)3/h10-12H,5-9H2,1-4H3. The minimum atomic E-state index is 0.272. The maximum Gasteiger partial charge on any atom is 0.0469 e. The highest BCUT2D eigenvalue weighted by atomic mass is 35.5. The van der Waals surface area contributed by atoms with Crippen LogP contribution in [0.4, 0.5) is 0 Å². The zero-order valence-electron chi connectivity index (χ0n) is 10.1. The van der Waals surface area contributed by atoms with Crippen molar-refractivity contribution in [2.45, 2.75) is 52.3 Å². The fourth-order valence-corrected chi connectivity index (χ4v) is 1.72. The van der Waals surface area contributed by atoms with Gasteiger partial charge in [0.15, 0.2) is 0 Å². The van der Waals surface area contributed by atoms with Crippen molar-refractivity contribution in [1.82, 2.24) is 0 Å². The Bertz CT molecular complexity index is 123. The first-order valence-corrected chi connectivity index (χ1v) is 6.23. The molecule has 0 fully saturated rings. The molecule has 86 valence electrons. The van der Waals surface area contributed by atoms with Gasteiger partial charge in [-0.1, -0.05) is 27.2 Å². The molecule has 0 aliphatic rings. The summed E-state index contributed by atoms with van der Waals surface area (Å²) >= 11 is 6.05. The average Bonchev–Trinajstić information content (AvgIpc) is 2.10. The van der Waals surface area contributed by atoms with Gasteiger partial charge in [-0.3, -0.25) is 0 Å². The highest BCUT2D eigenvalue weighted by Crippen LogP contribution is 2.18. The number of alkyl halides is 1. The highest BCUT2D eigenvalue weighted by Gasteiger charge is 2.12. The van der Waals surface area contributed by atoms with Crippen LogP contribution >= 0.6 is 11.6 Å². The number of ether oxygens (including phenoxy) is 1. The quantitative estimate of drug-likeness (QED) is 0.442. The van der Waals surface area contributed by atoms with Crippen LogP contribution in [-0.4, -0.2) is 18.6 Å². The predicted octanol–water partition coefficient (Wildman–Crippen LogP) is 4.09. The van der Waals surface area contributed by atoms with Crippen LogP contribution in [0.1, 0.15) is 47.0 Å². The largest absolute Gasteiger partial charge is 0.381 e. The van der Waals surface area contributed by atoms with Gasteiger partial charge in [0.25, 0.3) is 0 Å². The van der Waals surface area contributed by atoms with Gasteiger partial charge in [-0.2, -0.15) is 0 Å². The lowest BCUT2D eigenvalue weighted by Crippen LogP contribution is -2.13. The van der Waals surface area contributed by atoms with Crippen LogP contribution in [0.2, 0.25) is 0 Å². The van der Waals surface area contributed by atoms with E-state index >= 15 is 0 Å². The third-order valence-corrected chi connectivity index (χ3v) is 3.00. The lowest BCUT2D eigenvalue weighted by atomic mass is 10.00. The fraction of sp³-hybridized carbons (Fsp3) is 1.00. The molecule has 2 atom stereocenters. The summed E-state index contributed by atoms with van der Waals surface area (Å²) in [6, 6.07) is 0. The van der Waals surface area contributed by atoms with Crippen molar-refractivity contribution < 1.29 is 4.74 Å². The van der Waals surface area contributed by atoms with E-state index in [-0.39, 0.29) is 5.38 Å². The summed E-state index contributed by atoms with van der Waals surface area (Å²) in [7, 11) is 0. The molecule has 0 radical (unpaired) electrons. The summed E-state index contributed by atoms with van der Waals surface area (Å²) < 4.78 is 5.57. The van der Waals surface area contributed by atoms with E-state index in [9.17, 15) is 0 Å². The average molecular weight is 221 g/mol. The van der Waals surface area contributed by atoms with E-state index < -0.39 is 0 Å². The Balaban J connectivity index is 3.33. The molecule has 0 heterocycles. The van der Waals surface area contributed by atoms with Crippen molar-refractivity contribution in [2.75, 3.05) is 13.2 Å². The Morgan fingerprint density at radius 3 is 2.07 bits per heavy atom. The van der Waals surface area contributed by atoms with Crippen molar-refractivity contribution in [3.63, 3.8) is 0 Å². The third kappa shape index (κ3) is 7.64. The Hall–Kier alpha value is 0.250. The first-order chi connectivity index (χ1) is 6.57. The molecule has 0 amide bonds. The van der Waals surface area contributed by atoms with Crippen LogP contribution in [0.25, 0.3) is 0 Å². The molecule has 0 aliphatic carbocycles. The van der Waals surface area contributed by atoms with Gasteiger partial charge in [-0.25, -0.2) is 0 Å². The number of hydrogen-bond donors (Lipinski definition) is 0. The van der Waals surface area contributed by atoms with E-state index in [4.69, 9.17) is 16.3 Å². The van der Waals surface area contributed by atoms with Crippen molar-refractivity contribution >= 4 is 11.6 Å². The van der Waals surface area contributed by atoms with Crippen LogP contribution in [0.3, 0.4) is 0 Å². The summed E-state index contributed by atoms with van der Waals surface area (Å²) in [5, 5.41) is 0.272. The predicted molar refractivity (Wildman–Crippen MR) is 64.0 cm³/mol. The molecule has 0 saturated carbocycles. The number of rotatable bonds is 8. The Kier molecular flexibility index (Phi) is 8.70. The Morgan fingerprint density at radius 2 is 1.64 bits per heavy atom. The van der Waals surface area contributed by atoms with E-state index in [2.05, 4.69) is 27.7 Å². The van der Waals surface area contributed by atoms with Gasteiger partial charge in [0.05, 0.1) is 0 Å². The van der Waals surface area contributed by atoms with Gasteiger partial charge in [0, 0.05) is 18.6 Å². The van der Waals surface area contributed by atoms with Gasteiger partial charge in [0.2, 0.25) is 0 Å². The van der Waals surface area contributed by atoms with E-state index in [0.29, 0.717) is 5.92 Å². The first kappa shape index (κ1) is 14.2. The van der Waals surface area contributed by atoms with Crippen molar-refractivity contribution in [1.29, 1.82) is 0 Å². The molecule has 0 N–H and O–H groups in total. The van der Waals surface area contributed by atoms with Crippen LogP contribution < -0.4 is 0 Å². The molecule has 0 saturated heterocycles. The van der Waals surface area contributed by atoms with E-state index in [1.807, 2.05) is 0 Å². The summed E-state index contributed by atoms with van der Waals surface area (Å²) in [5.74, 6) is 1.35. The van der Waals surface area contributed by atoms with E-state index in [1.165, 1.54) is 0 Å². The molecule has 14 heavy (non-hydrogen) atoms. The lowest BCUT2D eigenvalue weighted by Gasteiger charge is -2.17. The third-order valence-electron chi connectivity index (χ3n) is 2.65. The zero-order valence-corrected chi connectivity index (χ0v) is 10.8. The molecule has 0 spiro atoms. The Morgan fingerprint density at radius 1 is 1.07 bits per heavy atom. The molecule has 0 rings (SSSR count). The van der Waals surface area contributed by atoms with Crippen LogP contribution in [0, 0.1) is 11.8 Å². The summed E-state index contributed by atoms with van der Waals surface area (Å²) in [4.78, 5) is 0. The lowest BCUT2D eigenvalue weighted by molar-refractivity contribution is 0.110. The maximum atomic E-state index is 6.05. The first-order valence-electron chi connectivity index (χ1n) is 5.79. The Labute approximate surface area is 94.2 Å². The minimum absolute atomic E-state index is 0.272. The van der Waals surface area contributed by atoms with Gasteiger partial charge >= 0.3 is 0 Å². The van der Waals surface area contributed by atoms with Gasteiger partial charge in [0.1, 0.15) is 0 Å². The number of hydrogen-bond acceptors (Lipinski definition) is 1. The zero-order chi connectivity index (χ0) is 11.0. The SMILES string of the molecule is CCC(CCOCCC(C)C)C(C)Cl. The van der Waals surface area contributed by atoms with Crippen LogP contribution in [-0.2, 0) is 4.74 Å². The van der Waals surface area contributed by atoms with Gasteiger partial charge in [-0.15, -0.1) is 11.6 Å². The molecule has 2 heteroatoms. The molecule has 0 aromatic carbocycles. The summed E-state index contributed by atoms with van der Waals surface area (Å²) in [6.07, 6.45) is 3.41.